The van der Waals surface area contributed by atoms with Crippen molar-refractivity contribution >= 4 is 0 Å². The van der Waals surface area contributed by atoms with Crippen LogP contribution in [-0.4, -0.2) is 0 Å². The van der Waals surface area contributed by atoms with Gasteiger partial charge in [0.2, 0.25) is 0 Å². The summed E-state index contributed by atoms with van der Waals surface area (Å²) >= 11 is 0. The van der Waals surface area contributed by atoms with Crippen molar-refractivity contribution in [1.82, 2.24) is 0 Å². The van der Waals surface area contributed by atoms with Crippen LogP contribution in [0.3, 0.4) is 0 Å². The molecule has 0 N–H and O–H groups in total. The van der Waals surface area contributed by atoms with Gasteiger partial charge in [-0.3, -0.25) is 0 Å². The highest BCUT2D eigenvalue weighted by Gasteiger charge is 2.74. The molecule has 9 saturated carbocycles. The fourth-order valence-corrected chi connectivity index (χ4v) is 13.5. The molecule has 0 unspecified atom stereocenters. The first-order valence-corrected chi connectivity index (χ1v) is 11.9. The van der Waals surface area contributed by atoms with Crippen molar-refractivity contribution in [2.75, 3.05) is 0 Å². The van der Waals surface area contributed by atoms with E-state index in [0.717, 1.165) is 0 Å². The van der Waals surface area contributed by atoms with Crippen LogP contribution >= 0.6 is 0 Å². The first kappa shape index (κ1) is 12.4. The molecule has 0 spiro atoms. The molecule has 9 aliphatic rings. The topological polar surface area (TPSA) is 0 Å². The molecule has 9 aliphatic carbocycles. The Morgan fingerprint density at radius 2 is 0.333 bits per heavy atom. The summed E-state index contributed by atoms with van der Waals surface area (Å²) in [5.74, 6) is 19.7. The Morgan fingerprint density at radius 3 is 0.458 bits per heavy atom. The summed E-state index contributed by atoms with van der Waals surface area (Å²) in [6.07, 6.45) is 13.6. The second-order valence-corrected chi connectivity index (χ2v) is 12.6. The van der Waals surface area contributed by atoms with Crippen molar-refractivity contribution in [3.05, 3.63) is 0 Å². The third-order valence-electron chi connectivity index (χ3n) is 12.8. The van der Waals surface area contributed by atoms with Gasteiger partial charge in [-0.2, -0.15) is 0 Å². The van der Waals surface area contributed by atoms with Crippen LogP contribution in [-0.2, 0) is 0 Å². The zero-order valence-electron chi connectivity index (χ0n) is 14.9. The smallest absolute Gasteiger partial charge is 0.0318 e. The van der Waals surface area contributed by atoms with Crippen molar-refractivity contribution in [3.8, 4) is 0 Å². The van der Waals surface area contributed by atoms with Gasteiger partial charge in [0.15, 0.2) is 0 Å². The maximum Gasteiger partial charge on any atom is -0.0318 e. The first-order valence-electron chi connectivity index (χ1n) is 11.9. The average Bonchev–Trinajstić information content (AvgIpc) is 3.25. The molecule has 9 rings (SSSR count). The molecular weight excluding hydrogens is 288 g/mol. The first-order chi connectivity index (χ1) is 11.9. The predicted octanol–water partition coefficient (Wildman–Crippen LogP) is 5.09. The van der Waals surface area contributed by atoms with Crippen molar-refractivity contribution in [3.63, 3.8) is 0 Å². The Hall–Kier alpha value is 0. The van der Waals surface area contributed by atoms with E-state index in [2.05, 4.69) is 0 Å². The molecule has 0 bridgehead atoms. The normalized spacial score (nSPS) is 80.0. The van der Waals surface area contributed by atoms with Gasteiger partial charge in [-0.15, -0.1) is 0 Å². The molecule has 0 heterocycles. The Labute approximate surface area is 146 Å². The SMILES string of the molecule is C1C2CC3CC4CC5CC6CC7CC8CC1C1C2C3C4C5C6C7C81. The molecule has 0 aromatic rings. The molecule has 0 radical (unpaired) electrons. The zero-order chi connectivity index (χ0) is 14.9. The van der Waals surface area contributed by atoms with Crippen LogP contribution in [0.15, 0.2) is 0 Å². The van der Waals surface area contributed by atoms with Gasteiger partial charge in [-0.25, -0.2) is 0 Å². The van der Waals surface area contributed by atoms with Crippen molar-refractivity contribution in [1.29, 1.82) is 0 Å². The Balaban J connectivity index is 1.32. The molecule has 0 nitrogen and oxygen atoms in total. The monoisotopic (exact) mass is 320 g/mol. The van der Waals surface area contributed by atoms with E-state index >= 15 is 0 Å². The minimum absolute atomic E-state index is 1.21. The fraction of sp³-hybridized carbons (Fsp3) is 1.00. The van der Waals surface area contributed by atoms with Gasteiger partial charge in [-0.05, 0) is 146 Å². The molecule has 0 aromatic carbocycles. The minimum atomic E-state index is 1.21. The molecule has 0 aliphatic heterocycles. The van der Waals surface area contributed by atoms with E-state index in [4.69, 9.17) is 0 Å². The standard InChI is InChI=1S/C24H32/c1-9-2-11-4-13-6-15-8-16-7-14-5-12-3-10(1)18-17(9)19(11)21(13)23(15)24(16)22(14)20(12)18/h9-24H,1-8H2. The van der Waals surface area contributed by atoms with Crippen LogP contribution < -0.4 is 0 Å². The van der Waals surface area contributed by atoms with Gasteiger partial charge in [0.1, 0.15) is 0 Å². The summed E-state index contributed by atoms with van der Waals surface area (Å²) in [7, 11) is 0. The lowest BCUT2D eigenvalue weighted by molar-refractivity contribution is 0.0202. The molecule has 9 fully saturated rings. The summed E-state index contributed by atoms with van der Waals surface area (Å²) in [6.45, 7) is 0. The zero-order valence-corrected chi connectivity index (χ0v) is 14.9. The lowest BCUT2D eigenvalue weighted by Gasteiger charge is -2.45. The third kappa shape index (κ3) is 1.05. The third-order valence-corrected chi connectivity index (χ3v) is 12.8. The summed E-state index contributed by atoms with van der Waals surface area (Å²) in [6, 6.07) is 0. The number of hydrogen-bond donors (Lipinski definition) is 0. The van der Waals surface area contributed by atoms with Gasteiger partial charge in [0, 0.05) is 0 Å². The highest BCUT2D eigenvalue weighted by molar-refractivity contribution is 5.23. The van der Waals surface area contributed by atoms with E-state index in [9.17, 15) is 0 Å². The van der Waals surface area contributed by atoms with E-state index in [1.54, 1.807) is 51.4 Å². The largest absolute Gasteiger partial charge is 0.0470 e. The van der Waals surface area contributed by atoms with Crippen LogP contribution in [0.1, 0.15) is 51.4 Å². The lowest BCUT2D eigenvalue weighted by atomic mass is 9.60. The summed E-state index contributed by atoms with van der Waals surface area (Å²) in [5, 5.41) is 0. The van der Waals surface area contributed by atoms with Gasteiger partial charge < -0.3 is 0 Å². The molecule has 0 saturated heterocycles. The van der Waals surface area contributed by atoms with E-state index in [0.29, 0.717) is 0 Å². The Morgan fingerprint density at radius 1 is 0.208 bits per heavy atom. The van der Waals surface area contributed by atoms with Crippen LogP contribution in [0.4, 0.5) is 0 Å². The fourth-order valence-electron chi connectivity index (χ4n) is 13.5. The number of rotatable bonds is 0. The highest BCUT2D eigenvalue weighted by atomic mass is 14.8. The van der Waals surface area contributed by atoms with Gasteiger partial charge in [0.05, 0.1) is 0 Å². The molecule has 0 atom stereocenters. The van der Waals surface area contributed by atoms with E-state index in [1.807, 2.05) is 0 Å². The summed E-state index contributed by atoms with van der Waals surface area (Å²) < 4.78 is 0. The Kier molecular flexibility index (Phi) is 1.83. The summed E-state index contributed by atoms with van der Waals surface area (Å²) in [5.41, 5.74) is 0. The second-order valence-electron chi connectivity index (χ2n) is 12.6. The lowest BCUT2D eigenvalue weighted by Crippen LogP contribution is -2.41. The van der Waals surface area contributed by atoms with Crippen LogP contribution in [0, 0.1) is 94.7 Å². The summed E-state index contributed by atoms with van der Waals surface area (Å²) in [4.78, 5) is 0. The minimum Gasteiger partial charge on any atom is -0.0470 e. The van der Waals surface area contributed by atoms with Crippen LogP contribution in [0.25, 0.3) is 0 Å². The molecular formula is C24H32. The molecule has 0 heteroatoms. The van der Waals surface area contributed by atoms with Gasteiger partial charge >= 0.3 is 0 Å². The van der Waals surface area contributed by atoms with Crippen molar-refractivity contribution < 1.29 is 0 Å². The number of hydrogen-bond acceptors (Lipinski definition) is 0. The van der Waals surface area contributed by atoms with Crippen molar-refractivity contribution in [2.24, 2.45) is 94.7 Å². The van der Waals surface area contributed by atoms with Gasteiger partial charge in [0.25, 0.3) is 0 Å². The molecule has 0 aromatic heterocycles. The molecule has 128 valence electrons. The second kappa shape index (κ2) is 3.55. The van der Waals surface area contributed by atoms with Crippen LogP contribution in [0.5, 0.6) is 0 Å². The average molecular weight is 321 g/mol. The molecule has 0 amide bonds. The van der Waals surface area contributed by atoms with Crippen molar-refractivity contribution in [2.45, 2.75) is 51.4 Å². The van der Waals surface area contributed by atoms with Gasteiger partial charge in [-0.1, -0.05) is 0 Å². The van der Waals surface area contributed by atoms with E-state index in [1.165, 1.54) is 94.7 Å². The van der Waals surface area contributed by atoms with E-state index < -0.39 is 0 Å². The maximum atomic E-state index is 1.70. The molecule has 24 heavy (non-hydrogen) atoms. The predicted molar refractivity (Wildman–Crippen MR) is 92.8 cm³/mol. The Bertz CT molecular complexity index is 450. The highest BCUT2D eigenvalue weighted by Crippen LogP contribution is 2.81. The van der Waals surface area contributed by atoms with E-state index in [-0.39, 0.29) is 0 Å². The quantitative estimate of drug-likeness (QED) is 0.583. The van der Waals surface area contributed by atoms with Crippen LogP contribution in [0.2, 0.25) is 0 Å². The maximum absolute atomic E-state index is 1.70.